The Morgan fingerprint density at radius 2 is 1.62 bits per heavy atom. The molecule has 0 saturated carbocycles. The lowest BCUT2D eigenvalue weighted by Gasteiger charge is -2.27. The van der Waals surface area contributed by atoms with E-state index >= 15 is 0 Å². The van der Waals surface area contributed by atoms with E-state index in [9.17, 15) is 28.6 Å². The Balaban J connectivity index is 2.29. The number of carbonyl (C=O) groups excluding carboxylic acids is 2. The Morgan fingerprint density at radius 3 is 2.20 bits per heavy atom. The van der Waals surface area contributed by atoms with Crippen LogP contribution in [0.2, 0.25) is 0 Å². The average molecular weight is 580 g/mol. The summed E-state index contributed by atoms with van der Waals surface area (Å²) in [6.45, 7) is 6.95. The molecule has 0 heterocycles. The molecule has 4 N–H and O–H groups in total. The van der Waals surface area contributed by atoms with Crippen LogP contribution in [-0.4, -0.2) is 83.4 Å². The molecule has 0 aliphatic carbocycles. The average Bonchev–Trinajstić information content (AvgIpc) is 2.91. The van der Waals surface area contributed by atoms with Crippen molar-refractivity contribution in [1.29, 1.82) is 0 Å². The summed E-state index contributed by atoms with van der Waals surface area (Å²) in [5.41, 5.74) is 1.66. The quantitative estimate of drug-likeness (QED) is 0.227. The van der Waals surface area contributed by atoms with Crippen molar-refractivity contribution in [3.8, 4) is 0 Å². The van der Waals surface area contributed by atoms with Crippen molar-refractivity contribution in [1.82, 2.24) is 15.5 Å². The highest BCUT2D eigenvalue weighted by atomic mass is 32.2. The molecule has 10 heteroatoms. The lowest BCUT2D eigenvalue weighted by Crippen LogP contribution is -2.50. The molecule has 0 aliphatic rings. The standard InChI is InChI=1S/C30H43F2N3O4S/c1-5-8-35(9-6-2)30(39)23-12-20(3)11-22(16-23)29(38)34-27(15-21-13-24(31)17-25(32)14-21)28(37)18-33-26(19-36)7-10-40-4/h11-14,16-17,26-28,33,36-37H,5-10,15,18-19H2,1-4H3,(H,34,38)/t26?,27-,28+/m0/s1. The number of nitrogens with one attached hydrogen (secondary N) is 2. The molecule has 0 bridgehead atoms. The zero-order chi connectivity index (χ0) is 29.7. The van der Waals surface area contributed by atoms with Gasteiger partial charge in [0.2, 0.25) is 0 Å². The molecule has 0 radical (unpaired) electrons. The number of aliphatic hydroxyl groups is 2. The minimum atomic E-state index is -1.13. The van der Waals surface area contributed by atoms with E-state index in [1.54, 1.807) is 35.7 Å². The fourth-order valence-electron chi connectivity index (χ4n) is 4.54. The Hall–Kier alpha value is -2.53. The molecule has 222 valence electrons. The van der Waals surface area contributed by atoms with E-state index in [2.05, 4.69) is 10.6 Å². The second-order valence-electron chi connectivity index (χ2n) is 10.1. The predicted molar refractivity (Wildman–Crippen MR) is 157 cm³/mol. The normalized spacial score (nSPS) is 13.5. The maximum absolute atomic E-state index is 13.9. The topological polar surface area (TPSA) is 102 Å². The smallest absolute Gasteiger partial charge is 0.253 e. The first kappa shape index (κ1) is 33.7. The van der Waals surface area contributed by atoms with E-state index in [0.29, 0.717) is 25.1 Å². The van der Waals surface area contributed by atoms with Gasteiger partial charge in [-0.25, -0.2) is 8.78 Å². The number of aryl methyl sites for hydroxylation is 1. The fraction of sp³-hybridized carbons (Fsp3) is 0.533. The van der Waals surface area contributed by atoms with Crippen molar-refractivity contribution in [2.45, 2.75) is 64.6 Å². The fourth-order valence-corrected chi connectivity index (χ4v) is 5.06. The van der Waals surface area contributed by atoms with Crippen molar-refractivity contribution in [3.63, 3.8) is 0 Å². The Bertz CT molecular complexity index is 1080. The van der Waals surface area contributed by atoms with Gasteiger partial charge in [-0.2, -0.15) is 11.8 Å². The minimum Gasteiger partial charge on any atom is -0.395 e. The zero-order valence-corrected chi connectivity index (χ0v) is 24.7. The van der Waals surface area contributed by atoms with Crippen LogP contribution in [-0.2, 0) is 6.42 Å². The van der Waals surface area contributed by atoms with Crippen LogP contribution in [0.15, 0.2) is 36.4 Å². The van der Waals surface area contributed by atoms with E-state index in [1.165, 1.54) is 6.07 Å². The van der Waals surface area contributed by atoms with Crippen molar-refractivity contribution in [3.05, 3.63) is 70.3 Å². The van der Waals surface area contributed by atoms with Crippen LogP contribution in [0.1, 0.15) is 65.0 Å². The third kappa shape index (κ3) is 10.8. The molecule has 0 aliphatic heterocycles. The van der Waals surface area contributed by atoms with Crippen LogP contribution in [0.3, 0.4) is 0 Å². The van der Waals surface area contributed by atoms with Crippen molar-refractivity contribution in [2.75, 3.05) is 38.2 Å². The molecule has 0 saturated heterocycles. The van der Waals surface area contributed by atoms with Gasteiger partial charge in [0, 0.05) is 42.9 Å². The number of benzene rings is 2. The SMILES string of the molecule is CCCN(CCC)C(=O)c1cc(C)cc(C(=O)N[C@@H](Cc2cc(F)cc(F)c2)[C@H](O)CNC(CO)CCSC)c1. The minimum absolute atomic E-state index is 0.0315. The first-order valence-electron chi connectivity index (χ1n) is 13.8. The van der Waals surface area contributed by atoms with Crippen LogP contribution in [0.25, 0.3) is 0 Å². The van der Waals surface area contributed by atoms with Gasteiger partial charge < -0.3 is 25.7 Å². The molecule has 1 unspecified atom stereocenters. The zero-order valence-electron chi connectivity index (χ0n) is 23.9. The first-order chi connectivity index (χ1) is 19.1. The van der Waals surface area contributed by atoms with E-state index in [0.717, 1.165) is 42.4 Å². The largest absolute Gasteiger partial charge is 0.395 e. The Morgan fingerprint density at radius 1 is 1.00 bits per heavy atom. The van der Waals surface area contributed by atoms with E-state index in [4.69, 9.17) is 0 Å². The highest BCUT2D eigenvalue weighted by Gasteiger charge is 2.25. The molecular weight excluding hydrogens is 536 g/mol. The lowest BCUT2D eigenvalue weighted by atomic mass is 9.99. The van der Waals surface area contributed by atoms with Gasteiger partial charge in [-0.3, -0.25) is 9.59 Å². The molecule has 7 nitrogen and oxygen atoms in total. The summed E-state index contributed by atoms with van der Waals surface area (Å²) in [5.74, 6) is -1.36. The summed E-state index contributed by atoms with van der Waals surface area (Å²) in [5, 5.41) is 26.6. The van der Waals surface area contributed by atoms with Crippen molar-refractivity contribution in [2.24, 2.45) is 0 Å². The molecule has 0 fully saturated rings. The van der Waals surface area contributed by atoms with Crippen molar-refractivity contribution >= 4 is 23.6 Å². The molecule has 2 amide bonds. The van der Waals surface area contributed by atoms with Gasteiger partial charge in [0.15, 0.2) is 0 Å². The Kier molecular flexibility index (Phi) is 14.6. The second kappa shape index (κ2) is 17.3. The van der Waals surface area contributed by atoms with Gasteiger partial charge in [-0.1, -0.05) is 13.8 Å². The van der Waals surface area contributed by atoms with E-state index in [1.807, 2.05) is 20.1 Å². The van der Waals surface area contributed by atoms with E-state index < -0.39 is 29.7 Å². The molecule has 0 spiro atoms. The molecule has 2 rings (SSSR count). The number of amides is 2. The highest BCUT2D eigenvalue weighted by molar-refractivity contribution is 7.98. The van der Waals surface area contributed by atoms with Gasteiger partial charge in [-0.05, 0) is 86.1 Å². The van der Waals surface area contributed by atoms with Gasteiger partial charge in [0.25, 0.3) is 11.8 Å². The second-order valence-corrected chi connectivity index (χ2v) is 11.1. The van der Waals surface area contributed by atoms with Gasteiger partial charge in [-0.15, -0.1) is 0 Å². The maximum atomic E-state index is 13.9. The molecular formula is C30H43F2N3O4S. The van der Waals surface area contributed by atoms with Crippen LogP contribution >= 0.6 is 11.8 Å². The summed E-state index contributed by atoms with van der Waals surface area (Å²) in [7, 11) is 0. The number of halogens is 2. The highest BCUT2D eigenvalue weighted by Crippen LogP contribution is 2.16. The van der Waals surface area contributed by atoms with Crippen molar-refractivity contribution < 1.29 is 28.6 Å². The predicted octanol–water partition coefficient (Wildman–Crippen LogP) is 3.94. The number of hydrogen-bond donors (Lipinski definition) is 4. The Labute approximate surface area is 240 Å². The van der Waals surface area contributed by atoms with Gasteiger partial charge >= 0.3 is 0 Å². The molecule has 2 aromatic carbocycles. The number of nitrogens with zero attached hydrogens (tertiary/aromatic N) is 1. The van der Waals surface area contributed by atoms with E-state index in [-0.39, 0.29) is 42.6 Å². The number of hydrogen-bond acceptors (Lipinski definition) is 6. The first-order valence-corrected chi connectivity index (χ1v) is 15.2. The summed E-state index contributed by atoms with van der Waals surface area (Å²) in [6.07, 6.45) is 3.11. The van der Waals surface area contributed by atoms with Crippen LogP contribution < -0.4 is 10.6 Å². The van der Waals surface area contributed by atoms with Crippen LogP contribution in [0.4, 0.5) is 8.78 Å². The number of rotatable bonds is 17. The number of carbonyl (C=O) groups is 2. The third-order valence-electron chi connectivity index (χ3n) is 6.53. The maximum Gasteiger partial charge on any atom is 0.253 e. The molecule has 2 aromatic rings. The van der Waals surface area contributed by atoms with Gasteiger partial charge in [0.05, 0.1) is 18.8 Å². The summed E-state index contributed by atoms with van der Waals surface area (Å²) in [6, 6.07) is 6.88. The molecule has 3 atom stereocenters. The number of thioether (sulfide) groups is 1. The third-order valence-corrected chi connectivity index (χ3v) is 7.17. The number of aliphatic hydroxyl groups excluding tert-OH is 2. The van der Waals surface area contributed by atoms with Crippen LogP contribution in [0, 0.1) is 18.6 Å². The molecule has 0 aromatic heterocycles. The summed E-state index contributed by atoms with van der Waals surface area (Å²) < 4.78 is 27.8. The molecule has 40 heavy (non-hydrogen) atoms. The summed E-state index contributed by atoms with van der Waals surface area (Å²) in [4.78, 5) is 28.4. The lowest BCUT2D eigenvalue weighted by molar-refractivity contribution is 0.0755. The summed E-state index contributed by atoms with van der Waals surface area (Å²) >= 11 is 1.64. The monoisotopic (exact) mass is 579 g/mol. The van der Waals surface area contributed by atoms with Crippen LogP contribution in [0.5, 0.6) is 0 Å². The van der Waals surface area contributed by atoms with Gasteiger partial charge in [0.1, 0.15) is 11.6 Å².